The number of thiazole rings is 1. The number of hydrogen-bond donors (Lipinski definition) is 1. The highest BCUT2D eigenvalue weighted by Crippen LogP contribution is 2.22. The minimum Gasteiger partial charge on any atom is -0.466 e. The minimum atomic E-state index is -0.464. The summed E-state index contributed by atoms with van der Waals surface area (Å²) in [6.07, 6.45) is 1.56. The van der Waals surface area contributed by atoms with Crippen LogP contribution in [0.4, 0.5) is 5.13 Å². The molecule has 3 aromatic heterocycles. The van der Waals surface area contributed by atoms with Gasteiger partial charge in [0.1, 0.15) is 0 Å². The molecule has 0 bridgehead atoms. The number of nitrogens with zero attached hydrogens (tertiary/aromatic N) is 2. The van der Waals surface area contributed by atoms with Gasteiger partial charge in [0.25, 0.3) is 5.91 Å². The van der Waals surface area contributed by atoms with Crippen molar-refractivity contribution in [3.8, 4) is 11.5 Å². The van der Waals surface area contributed by atoms with Gasteiger partial charge < -0.3 is 13.7 Å². The summed E-state index contributed by atoms with van der Waals surface area (Å²) in [5, 5.41) is 8.36. The summed E-state index contributed by atoms with van der Waals surface area (Å²) in [4.78, 5) is 27.7. The molecule has 0 aliphatic carbocycles. The normalized spacial score (nSPS) is 10.5. The van der Waals surface area contributed by atoms with Gasteiger partial charge in [-0.2, -0.15) is 0 Å². The van der Waals surface area contributed by atoms with E-state index in [-0.39, 0.29) is 18.1 Å². The van der Waals surface area contributed by atoms with E-state index in [4.69, 9.17) is 13.7 Å². The van der Waals surface area contributed by atoms with Crippen molar-refractivity contribution in [2.75, 3.05) is 11.9 Å². The fourth-order valence-corrected chi connectivity index (χ4v) is 2.59. The number of carbonyl (C=O) groups excluding carboxylic acids is 2. The lowest BCUT2D eigenvalue weighted by Crippen LogP contribution is -2.12. The maximum absolute atomic E-state index is 12.1. The van der Waals surface area contributed by atoms with Crippen molar-refractivity contribution in [3.05, 3.63) is 41.2 Å². The van der Waals surface area contributed by atoms with E-state index in [0.717, 1.165) is 0 Å². The molecule has 0 saturated heterocycles. The van der Waals surface area contributed by atoms with Gasteiger partial charge in [-0.1, -0.05) is 5.16 Å². The van der Waals surface area contributed by atoms with E-state index in [1.54, 1.807) is 24.4 Å². The highest BCUT2D eigenvalue weighted by atomic mass is 32.1. The Kier molecular flexibility index (Phi) is 4.71. The third kappa shape index (κ3) is 3.69. The number of anilines is 1. The van der Waals surface area contributed by atoms with Gasteiger partial charge in [0.05, 0.1) is 25.0 Å². The summed E-state index contributed by atoms with van der Waals surface area (Å²) in [6, 6.07) is 4.88. The molecule has 1 amide bonds. The summed E-state index contributed by atoms with van der Waals surface area (Å²) in [5.74, 6) is 0.00803. The molecule has 0 aliphatic rings. The number of esters is 1. The maximum Gasteiger partial charge on any atom is 0.311 e. The predicted octanol–water partition coefficient (Wildman–Crippen LogP) is 2.75. The van der Waals surface area contributed by atoms with Crippen LogP contribution in [0.2, 0.25) is 0 Å². The first-order chi connectivity index (χ1) is 11.7. The Bertz CT molecular complexity index is 837. The predicted molar refractivity (Wildman–Crippen MR) is 84.6 cm³/mol. The van der Waals surface area contributed by atoms with Gasteiger partial charge >= 0.3 is 5.97 Å². The first kappa shape index (κ1) is 15.9. The van der Waals surface area contributed by atoms with Crippen LogP contribution in [0.1, 0.15) is 23.1 Å². The molecule has 24 heavy (non-hydrogen) atoms. The van der Waals surface area contributed by atoms with E-state index in [1.807, 2.05) is 0 Å². The number of ether oxygens (including phenoxy) is 1. The average Bonchev–Trinajstić information content (AvgIpc) is 3.28. The first-order valence-electron chi connectivity index (χ1n) is 7.07. The quantitative estimate of drug-likeness (QED) is 0.683. The van der Waals surface area contributed by atoms with Crippen LogP contribution >= 0.6 is 11.3 Å². The van der Waals surface area contributed by atoms with Crippen LogP contribution in [0, 0.1) is 0 Å². The smallest absolute Gasteiger partial charge is 0.311 e. The van der Waals surface area contributed by atoms with Gasteiger partial charge in [-0.15, -0.1) is 11.3 Å². The first-order valence-corrected chi connectivity index (χ1v) is 7.95. The van der Waals surface area contributed by atoms with Crippen LogP contribution in [0.3, 0.4) is 0 Å². The standard InChI is InChI=1S/C15H13N3O5S/c1-2-21-13(19)6-9-8-24-15(16-9)17-14(20)10-7-12(23-18-10)11-4-3-5-22-11/h3-5,7-8H,2,6H2,1H3,(H,16,17,20). The van der Waals surface area contributed by atoms with E-state index < -0.39 is 5.91 Å². The zero-order chi connectivity index (χ0) is 16.9. The van der Waals surface area contributed by atoms with E-state index in [9.17, 15) is 9.59 Å². The number of carbonyl (C=O) groups is 2. The van der Waals surface area contributed by atoms with Gasteiger partial charge in [0.15, 0.2) is 16.6 Å². The van der Waals surface area contributed by atoms with E-state index in [1.165, 1.54) is 23.7 Å². The van der Waals surface area contributed by atoms with Gasteiger partial charge in [0, 0.05) is 11.4 Å². The van der Waals surface area contributed by atoms with Crippen molar-refractivity contribution < 1.29 is 23.3 Å². The van der Waals surface area contributed by atoms with Crippen LogP contribution in [0.15, 0.2) is 38.8 Å². The molecule has 8 nitrogen and oxygen atoms in total. The summed E-state index contributed by atoms with van der Waals surface area (Å²) in [7, 11) is 0. The molecule has 0 spiro atoms. The molecule has 0 atom stereocenters. The number of hydrogen-bond acceptors (Lipinski definition) is 8. The van der Waals surface area contributed by atoms with E-state index >= 15 is 0 Å². The fourth-order valence-electron chi connectivity index (χ4n) is 1.88. The molecule has 124 valence electrons. The number of amides is 1. The zero-order valence-corrected chi connectivity index (χ0v) is 13.5. The molecular weight excluding hydrogens is 334 g/mol. The Morgan fingerprint density at radius 3 is 3.00 bits per heavy atom. The molecule has 1 N–H and O–H groups in total. The van der Waals surface area contributed by atoms with Crippen LogP contribution < -0.4 is 5.32 Å². The molecule has 0 fully saturated rings. The molecule has 0 aliphatic heterocycles. The third-order valence-corrected chi connectivity index (χ3v) is 3.72. The summed E-state index contributed by atoms with van der Waals surface area (Å²) in [5.41, 5.74) is 0.633. The van der Waals surface area contributed by atoms with Gasteiger partial charge in [-0.05, 0) is 19.1 Å². The van der Waals surface area contributed by atoms with E-state index in [0.29, 0.717) is 29.0 Å². The van der Waals surface area contributed by atoms with Crippen molar-refractivity contribution in [2.24, 2.45) is 0 Å². The van der Waals surface area contributed by atoms with Crippen molar-refractivity contribution in [1.29, 1.82) is 0 Å². The lowest BCUT2D eigenvalue weighted by atomic mass is 10.3. The highest BCUT2D eigenvalue weighted by molar-refractivity contribution is 7.14. The largest absolute Gasteiger partial charge is 0.466 e. The lowest BCUT2D eigenvalue weighted by molar-refractivity contribution is -0.142. The molecule has 3 heterocycles. The second-order valence-electron chi connectivity index (χ2n) is 4.63. The van der Waals surface area contributed by atoms with Gasteiger partial charge in [-0.25, -0.2) is 4.98 Å². The maximum atomic E-state index is 12.1. The molecule has 0 radical (unpaired) electrons. The lowest BCUT2D eigenvalue weighted by Gasteiger charge is -1.98. The Hall–Kier alpha value is -2.94. The molecule has 3 rings (SSSR count). The molecule has 0 aromatic carbocycles. The van der Waals surface area contributed by atoms with Crippen LogP contribution in [-0.4, -0.2) is 28.6 Å². The second kappa shape index (κ2) is 7.09. The highest BCUT2D eigenvalue weighted by Gasteiger charge is 2.17. The van der Waals surface area contributed by atoms with Crippen molar-refractivity contribution in [2.45, 2.75) is 13.3 Å². The summed E-state index contributed by atoms with van der Waals surface area (Å²) in [6.45, 7) is 2.05. The number of furan rings is 1. The minimum absolute atomic E-state index is 0.0623. The van der Waals surface area contributed by atoms with Crippen molar-refractivity contribution >= 4 is 28.3 Å². The van der Waals surface area contributed by atoms with Gasteiger partial charge in [-0.3, -0.25) is 14.9 Å². The van der Waals surface area contributed by atoms with Crippen LogP contribution in [0.25, 0.3) is 11.5 Å². The monoisotopic (exact) mass is 347 g/mol. The molecule has 9 heteroatoms. The Labute approximate surface area is 140 Å². The number of nitrogens with one attached hydrogen (secondary N) is 1. The Morgan fingerprint density at radius 1 is 1.38 bits per heavy atom. The molecule has 0 unspecified atom stereocenters. The van der Waals surface area contributed by atoms with Crippen LogP contribution in [-0.2, 0) is 16.0 Å². The van der Waals surface area contributed by atoms with Crippen molar-refractivity contribution in [1.82, 2.24) is 10.1 Å². The van der Waals surface area contributed by atoms with Crippen molar-refractivity contribution in [3.63, 3.8) is 0 Å². The Morgan fingerprint density at radius 2 is 2.25 bits per heavy atom. The summed E-state index contributed by atoms with van der Waals surface area (Å²) >= 11 is 1.21. The summed E-state index contributed by atoms with van der Waals surface area (Å²) < 4.78 is 15.1. The molecule has 3 aromatic rings. The molecular formula is C15H13N3O5S. The van der Waals surface area contributed by atoms with Crippen LogP contribution in [0.5, 0.6) is 0 Å². The SMILES string of the molecule is CCOC(=O)Cc1csc(NC(=O)c2cc(-c3ccco3)on2)n1. The average molecular weight is 347 g/mol. The fraction of sp³-hybridized carbons (Fsp3) is 0.200. The topological polar surface area (TPSA) is 107 Å². The van der Waals surface area contributed by atoms with E-state index in [2.05, 4.69) is 15.5 Å². The second-order valence-corrected chi connectivity index (χ2v) is 5.49. The van der Waals surface area contributed by atoms with Gasteiger partial charge in [0.2, 0.25) is 5.76 Å². The number of rotatable bonds is 6. The zero-order valence-electron chi connectivity index (χ0n) is 12.6. The number of aromatic nitrogens is 2. The molecule has 0 saturated carbocycles. The third-order valence-electron chi connectivity index (χ3n) is 2.91. The Balaban J connectivity index is 1.63.